The minimum Gasteiger partial charge on any atom is -0.340 e. The summed E-state index contributed by atoms with van der Waals surface area (Å²) in [5, 5.41) is 5.88. The summed E-state index contributed by atoms with van der Waals surface area (Å²) in [4.78, 5) is 18.2. The fourth-order valence-corrected chi connectivity index (χ4v) is 1.95. The summed E-state index contributed by atoms with van der Waals surface area (Å²) in [6.07, 6.45) is 1.56. The third-order valence-electron chi connectivity index (χ3n) is 3.21. The van der Waals surface area contributed by atoms with Crippen LogP contribution in [0.1, 0.15) is 10.4 Å². The van der Waals surface area contributed by atoms with Gasteiger partial charge >= 0.3 is 0 Å². The van der Waals surface area contributed by atoms with Crippen LogP contribution in [0.25, 0.3) is 0 Å². The van der Waals surface area contributed by atoms with Crippen LogP contribution in [0.3, 0.4) is 0 Å². The van der Waals surface area contributed by atoms with Crippen molar-refractivity contribution in [3.05, 3.63) is 54.0 Å². The highest BCUT2D eigenvalue weighted by Gasteiger charge is 2.17. The van der Waals surface area contributed by atoms with Gasteiger partial charge in [-0.05, 0) is 31.3 Å². The summed E-state index contributed by atoms with van der Waals surface area (Å²) in [6.45, 7) is 1.27. The Labute approximate surface area is 153 Å². The number of anilines is 2. The van der Waals surface area contributed by atoms with Crippen molar-refractivity contribution in [2.75, 3.05) is 32.5 Å². The molecule has 0 saturated carbocycles. The number of carbonyl (C=O) groups excluding carboxylic acids is 1. The van der Waals surface area contributed by atoms with E-state index in [9.17, 15) is 9.18 Å². The van der Waals surface area contributed by atoms with Crippen LogP contribution in [0.15, 0.2) is 42.6 Å². The van der Waals surface area contributed by atoms with Gasteiger partial charge in [0.05, 0.1) is 11.3 Å². The molecule has 2 aromatic rings. The lowest BCUT2D eigenvalue weighted by molar-refractivity contribution is 0.0797. The number of nitrogens with zero attached hydrogens (tertiary/aromatic N) is 2. The fourth-order valence-electron chi connectivity index (χ4n) is 1.95. The summed E-state index contributed by atoms with van der Waals surface area (Å²) in [6, 6.07) is 9.64. The molecule has 132 valence electrons. The van der Waals surface area contributed by atoms with Gasteiger partial charge < -0.3 is 15.5 Å². The Morgan fingerprint density at radius 2 is 1.92 bits per heavy atom. The van der Waals surface area contributed by atoms with Crippen molar-refractivity contribution in [2.24, 2.45) is 0 Å². The number of nitrogens with one attached hydrogen (secondary N) is 2. The monoisotopic (exact) mass is 374 g/mol. The summed E-state index contributed by atoms with van der Waals surface area (Å²) in [7, 11) is 3.55. The topological polar surface area (TPSA) is 57.3 Å². The summed E-state index contributed by atoms with van der Waals surface area (Å²) in [5.74, 6) is -0.216. The maximum absolute atomic E-state index is 13.7. The summed E-state index contributed by atoms with van der Waals surface area (Å²) < 4.78 is 13.7. The minimum absolute atomic E-state index is 0. The molecule has 0 aliphatic rings. The fraction of sp³-hybridized carbons (Fsp3) is 0.250. The molecule has 1 aromatic heterocycles. The SMILES string of the molecule is CNCCN(C)C(=O)c1cccnc1Nc1ccccc1F.Cl.Cl. The van der Waals surface area contributed by atoms with E-state index in [4.69, 9.17) is 0 Å². The molecule has 0 atom stereocenters. The molecule has 24 heavy (non-hydrogen) atoms. The van der Waals surface area contributed by atoms with E-state index in [1.165, 1.54) is 6.07 Å². The van der Waals surface area contributed by atoms with Crippen molar-refractivity contribution in [3.8, 4) is 0 Å². The highest BCUT2D eigenvalue weighted by molar-refractivity contribution is 5.99. The quantitative estimate of drug-likeness (QED) is 0.815. The molecule has 0 aliphatic heterocycles. The minimum atomic E-state index is -0.393. The van der Waals surface area contributed by atoms with E-state index < -0.39 is 5.82 Å². The second kappa shape index (κ2) is 10.8. The number of halogens is 3. The first-order valence-corrected chi connectivity index (χ1v) is 7.00. The molecular formula is C16H21Cl2FN4O. The van der Waals surface area contributed by atoms with Gasteiger partial charge in [0.1, 0.15) is 11.6 Å². The zero-order valence-electron chi connectivity index (χ0n) is 13.5. The van der Waals surface area contributed by atoms with Crippen molar-refractivity contribution >= 4 is 42.2 Å². The van der Waals surface area contributed by atoms with Gasteiger partial charge in [-0.1, -0.05) is 12.1 Å². The van der Waals surface area contributed by atoms with Crippen molar-refractivity contribution in [3.63, 3.8) is 0 Å². The molecule has 0 aliphatic carbocycles. The number of hydrogen-bond donors (Lipinski definition) is 2. The maximum Gasteiger partial charge on any atom is 0.257 e. The first-order chi connectivity index (χ1) is 10.6. The Hall–Kier alpha value is -1.89. The van der Waals surface area contributed by atoms with E-state index in [1.54, 1.807) is 48.5 Å². The Morgan fingerprint density at radius 3 is 2.58 bits per heavy atom. The molecule has 0 saturated heterocycles. The number of rotatable bonds is 6. The van der Waals surface area contributed by atoms with E-state index >= 15 is 0 Å². The number of likely N-dealkylation sites (N-methyl/N-ethyl adjacent to an activating group) is 2. The molecule has 8 heteroatoms. The Balaban J connectivity index is 0.00000264. The van der Waals surface area contributed by atoms with Crippen LogP contribution in [0, 0.1) is 5.82 Å². The number of para-hydroxylation sites is 1. The van der Waals surface area contributed by atoms with Gasteiger partial charge in [0.15, 0.2) is 0 Å². The van der Waals surface area contributed by atoms with Crippen LogP contribution in [0.2, 0.25) is 0 Å². The van der Waals surface area contributed by atoms with Crippen LogP contribution in [0.5, 0.6) is 0 Å². The average Bonchev–Trinajstić information content (AvgIpc) is 2.54. The lowest BCUT2D eigenvalue weighted by Gasteiger charge is -2.19. The molecule has 0 unspecified atom stereocenters. The molecule has 0 fully saturated rings. The predicted molar refractivity (Wildman–Crippen MR) is 99.3 cm³/mol. The molecule has 1 heterocycles. The second-order valence-electron chi connectivity index (χ2n) is 4.83. The molecule has 1 amide bonds. The average molecular weight is 375 g/mol. The van der Waals surface area contributed by atoms with Crippen molar-refractivity contribution in [1.82, 2.24) is 15.2 Å². The van der Waals surface area contributed by atoms with Gasteiger partial charge in [0.2, 0.25) is 0 Å². The van der Waals surface area contributed by atoms with E-state index in [1.807, 2.05) is 7.05 Å². The second-order valence-corrected chi connectivity index (χ2v) is 4.83. The highest BCUT2D eigenvalue weighted by Crippen LogP contribution is 2.21. The lowest BCUT2D eigenvalue weighted by Crippen LogP contribution is -2.33. The largest absolute Gasteiger partial charge is 0.340 e. The smallest absolute Gasteiger partial charge is 0.257 e. The van der Waals surface area contributed by atoms with Crippen molar-refractivity contribution in [2.45, 2.75) is 0 Å². The number of aromatic nitrogens is 1. The number of carbonyl (C=O) groups is 1. The molecular weight excluding hydrogens is 354 g/mol. The molecule has 2 rings (SSSR count). The van der Waals surface area contributed by atoms with Gasteiger partial charge in [-0.25, -0.2) is 9.37 Å². The number of hydrogen-bond acceptors (Lipinski definition) is 4. The van der Waals surface area contributed by atoms with Gasteiger partial charge in [-0.15, -0.1) is 24.8 Å². The predicted octanol–water partition coefficient (Wildman–Crippen LogP) is 3.10. The number of amides is 1. The number of benzene rings is 1. The maximum atomic E-state index is 13.7. The van der Waals surface area contributed by atoms with Gasteiger partial charge in [0.25, 0.3) is 5.91 Å². The highest BCUT2D eigenvalue weighted by atomic mass is 35.5. The van der Waals surface area contributed by atoms with Crippen LogP contribution in [0.4, 0.5) is 15.9 Å². The molecule has 2 N–H and O–H groups in total. The molecule has 0 bridgehead atoms. The van der Waals surface area contributed by atoms with Crippen LogP contribution >= 0.6 is 24.8 Å². The van der Waals surface area contributed by atoms with Gasteiger partial charge in [-0.2, -0.15) is 0 Å². The molecule has 0 radical (unpaired) electrons. The number of pyridine rings is 1. The van der Waals surface area contributed by atoms with Crippen LogP contribution in [-0.4, -0.2) is 43.0 Å². The molecule has 1 aromatic carbocycles. The standard InChI is InChI=1S/C16H19FN4O.2ClH/c1-18-10-11-21(2)16(22)12-6-5-9-19-15(12)20-14-8-4-3-7-13(14)17;;/h3-9,18H,10-11H2,1-2H3,(H,19,20);2*1H. The van der Waals surface area contributed by atoms with Crippen molar-refractivity contribution < 1.29 is 9.18 Å². The first-order valence-electron chi connectivity index (χ1n) is 7.00. The zero-order chi connectivity index (χ0) is 15.9. The Morgan fingerprint density at radius 1 is 1.21 bits per heavy atom. The van der Waals surface area contributed by atoms with E-state index in [0.717, 1.165) is 0 Å². The zero-order valence-corrected chi connectivity index (χ0v) is 15.1. The normalized spacial score (nSPS) is 9.46. The molecule has 5 nitrogen and oxygen atoms in total. The lowest BCUT2D eigenvalue weighted by atomic mass is 10.2. The van der Waals surface area contributed by atoms with E-state index in [-0.39, 0.29) is 36.4 Å². The summed E-state index contributed by atoms with van der Waals surface area (Å²) in [5.41, 5.74) is 0.692. The Bertz CT molecular complexity index is 657. The van der Waals surface area contributed by atoms with E-state index in [2.05, 4.69) is 15.6 Å². The summed E-state index contributed by atoms with van der Waals surface area (Å²) >= 11 is 0. The van der Waals surface area contributed by atoms with Crippen molar-refractivity contribution in [1.29, 1.82) is 0 Å². The van der Waals surface area contributed by atoms with Crippen LogP contribution in [-0.2, 0) is 0 Å². The third-order valence-corrected chi connectivity index (χ3v) is 3.21. The third kappa shape index (κ3) is 5.63. The van der Waals surface area contributed by atoms with Gasteiger partial charge in [-0.3, -0.25) is 4.79 Å². The van der Waals surface area contributed by atoms with Gasteiger partial charge in [0, 0.05) is 26.3 Å². The Kier molecular flexibility index (Phi) is 9.95. The molecule has 0 spiro atoms. The van der Waals surface area contributed by atoms with Crippen LogP contribution < -0.4 is 10.6 Å². The van der Waals surface area contributed by atoms with E-state index in [0.29, 0.717) is 24.5 Å². The first kappa shape index (κ1) is 22.1.